The van der Waals surface area contributed by atoms with E-state index in [1.54, 1.807) is 13.1 Å². The van der Waals surface area contributed by atoms with E-state index in [0.717, 1.165) is 5.56 Å². The third-order valence-electron chi connectivity index (χ3n) is 4.83. The van der Waals surface area contributed by atoms with Gasteiger partial charge in [-0.1, -0.05) is 30.3 Å². The van der Waals surface area contributed by atoms with Crippen molar-refractivity contribution in [2.45, 2.75) is 19.6 Å². The third kappa shape index (κ3) is 4.64. The maximum absolute atomic E-state index is 12.8. The van der Waals surface area contributed by atoms with E-state index in [-0.39, 0.29) is 17.9 Å². The van der Waals surface area contributed by atoms with Crippen LogP contribution in [0.5, 0.6) is 5.75 Å². The molecule has 0 aliphatic heterocycles. The van der Waals surface area contributed by atoms with E-state index in [4.69, 9.17) is 0 Å². The number of alkyl halides is 2. The topological polar surface area (TPSA) is 91.0 Å². The molecule has 2 aromatic heterocycles. The van der Waals surface area contributed by atoms with Crippen LogP contribution in [0.2, 0.25) is 0 Å². The second kappa shape index (κ2) is 8.96. The number of benzene rings is 2. The number of rotatable bonds is 7. The average Bonchev–Trinajstić information content (AvgIpc) is 3.14. The summed E-state index contributed by atoms with van der Waals surface area (Å²) in [4.78, 5) is 29.2. The maximum atomic E-state index is 12.8. The predicted molar refractivity (Wildman–Crippen MR) is 114 cm³/mol. The Balaban J connectivity index is 1.54. The van der Waals surface area contributed by atoms with Crippen LogP contribution in [-0.2, 0) is 24.8 Å². The second-order valence-electron chi connectivity index (χ2n) is 7.09. The molecule has 0 saturated carbocycles. The van der Waals surface area contributed by atoms with Crippen LogP contribution in [0.15, 0.2) is 65.8 Å². The lowest BCUT2D eigenvalue weighted by atomic mass is 10.0. The second-order valence-corrected chi connectivity index (χ2v) is 7.09. The van der Waals surface area contributed by atoms with E-state index < -0.39 is 12.5 Å². The van der Waals surface area contributed by atoms with Crippen molar-refractivity contribution >= 4 is 22.6 Å². The molecule has 32 heavy (non-hydrogen) atoms. The summed E-state index contributed by atoms with van der Waals surface area (Å²) < 4.78 is 32.9. The summed E-state index contributed by atoms with van der Waals surface area (Å²) in [5.74, 6) is -0.436. The van der Waals surface area contributed by atoms with E-state index in [1.807, 2.05) is 30.3 Å². The van der Waals surface area contributed by atoms with Crippen LogP contribution in [0.4, 0.5) is 14.5 Å². The molecule has 0 atom stereocenters. The largest absolute Gasteiger partial charge is 0.435 e. The molecule has 0 bridgehead atoms. The summed E-state index contributed by atoms with van der Waals surface area (Å²) >= 11 is 0. The van der Waals surface area contributed by atoms with Gasteiger partial charge in [0.25, 0.3) is 5.56 Å². The molecular formula is C22H19F2N5O3. The molecule has 4 rings (SSSR count). The van der Waals surface area contributed by atoms with Gasteiger partial charge in [-0.2, -0.15) is 13.9 Å². The van der Waals surface area contributed by atoms with Crippen molar-refractivity contribution in [2.24, 2.45) is 7.05 Å². The SMILES string of the molecule is Cn1ncc2c(=O)n(CC(=O)Nc3ccc(OC(F)F)c(Cc4ccccc4)c3)cnc21. The monoisotopic (exact) mass is 439 g/mol. The zero-order chi connectivity index (χ0) is 22.7. The van der Waals surface area contributed by atoms with Crippen LogP contribution in [0.1, 0.15) is 11.1 Å². The number of carbonyl (C=O) groups is 1. The fourth-order valence-corrected chi connectivity index (χ4v) is 3.36. The first-order valence-electron chi connectivity index (χ1n) is 9.69. The first-order valence-corrected chi connectivity index (χ1v) is 9.69. The van der Waals surface area contributed by atoms with Crippen molar-refractivity contribution in [3.63, 3.8) is 0 Å². The van der Waals surface area contributed by atoms with Crippen LogP contribution in [-0.4, -0.2) is 31.9 Å². The Morgan fingerprint density at radius 2 is 1.97 bits per heavy atom. The van der Waals surface area contributed by atoms with Crippen LogP contribution in [0.3, 0.4) is 0 Å². The minimum absolute atomic E-state index is 0.0318. The van der Waals surface area contributed by atoms with Gasteiger partial charge in [-0.15, -0.1) is 0 Å². The summed E-state index contributed by atoms with van der Waals surface area (Å²) in [6.45, 7) is -3.23. The smallest absolute Gasteiger partial charge is 0.387 e. The Bertz CT molecular complexity index is 1320. The number of fused-ring (bicyclic) bond motifs is 1. The van der Waals surface area contributed by atoms with E-state index in [1.165, 1.54) is 33.9 Å². The van der Waals surface area contributed by atoms with E-state index >= 15 is 0 Å². The predicted octanol–water partition coefficient (Wildman–Crippen LogP) is 2.96. The van der Waals surface area contributed by atoms with Gasteiger partial charge in [-0.3, -0.25) is 18.8 Å². The number of halogens is 2. The Morgan fingerprint density at radius 3 is 2.72 bits per heavy atom. The number of nitrogens with zero attached hydrogens (tertiary/aromatic N) is 4. The molecule has 0 spiro atoms. The van der Waals surface area contributed by atoms with Gasteiger partial charge in [0.1, 0.15) is 24.0 Å². The number of aryl methyl sites for hydroxylation is 1. The Labute approximate surface area is 181 Å². The summed E-state index contributed by atoms with van der Waals surface area (Å²) in [6, 6.07) is 13.7. The molecule has 0 unspecified atom stereocenters. The highest BCUT2D eigenvalue weighted by Gasteiger charge is 2.14. The van der Waals surface area contributed by atoms with Gasteiger partial charge in [0, 0.05) is 24.7 Å². The summed E-state index contributed by atoms with van der Waals surface area (Å²) in [5.41, 5.74) is 1.82. The first kappa shape index (κ1) is 21.2. The lowest BCUT2D eigenvalue weighted by molar-refractivity contribution is -0.116. The molecule has 2 aromatic carbocycles. The van der Waals surface area contributed by atoms with Gasteiger partial charge in [-0.05, 0) is 23.8 Å². The fraction of sp³-hybridized carbons (Fsp3) is 0.182. The normalized spacial score (nSPS) is 11.1. The van der Waals surface area contributed by atoms with E-state index in [9.17, 15) is 18.4 Å². The molecule has 164 valence electrons. The standard InChI is InChI=1S/C22H19F2N5O3/c1-28-20-17(11-26-28)21(31)29(13-25-20)12-19(30)27-16-7-8-18(32-22(23)24)15(10-16)9-14-5-3-2-4-6-14/h2-8,10-11,13,22H,9,12H2,1H3,(H,27,30). The Morgan fingerprint density at radius 1 is 1.19 bits per heavy atom. The number of hydrogen-bond acceptors (Lipinski definition) is 5. The van der Waals surface area contributed by atoms with Gasteiger partial charge in [0.2, 0.25) is 5.91 Å². The first-order chi connectivity index (χ1) is 15.4. The van der Waals surface area contributed by atoms with Crippen LogP contribution >= 0.6 is 0 Å². The lowest BCUT2D eigenvalue weighted by Gasteiger charge is -2.14. The van der Waals surface area contributed by atoms with Crippen molar-refractivity contribution in [2.75, 3.05) is 5.32 Å². The van der Waals surface area contributed by atoms with Crippen molar-refractivity contribution in [1.82, 2.24) is 19.3 Å². The van der Waals surface area contributed by atoms with Crippen molar-refractivity contribution < 1.29 is 18.3 Å². The Hall–Kier alpha value is -4.08. The van der Waals surface area contributed by atoms with Crippen LogP contribution in [0.25, 0.3) is 11.0 Å². The molecule has 2 heterocycles. The highest BCUT2D eigenvalue weighted by molar-refractivity contribution is 5.91. The highest BCUT2D eigenvalue weighted by atomic mass is 19.3. The van der Waals surface area contributed by atoms with Crippen LogP contribution < -0.4 is 15.6 Å². The van der Waals surface area contributed by atoms with E-state index in [0.29, 0.717) is 28.7 Å². The number of carbonyl (C=O) groups excluding carboxylic acids is 1. The molecular weight excluding hydrogens is 420 g/mol. The van der Waals surface area contributed by atoms with Gasteiger partial charge in [-0.25, -0.2) is 4.98 Å². The number of nitrogens with one attached hydrogen (secondary N) is 1. The van der Waals surface area contributed by atoms with Crippen molar-refractivity contribution in [3.05, 3.63) is 82.5 Å². The number of anilines is 1. The molecule has 4 aromatic rings. The number of ether oxygens (including phenoxy) is 1. The molecule has 0 radical (unpaired) electrons. The van der Waals surface area contributed by atoms with Gasteiger partial charge in [0.05, 0.1) is 6.20 Å². The molecule has 0 fully saturated rings. The third-order valence-corrected chi connectivity index (χ3v) is 4.83. The maximum Gasteiger partial charge on any atom is 0.387 e. The van der Waals surface area contributed by atoms with Gasteiger partial charge < -0.3 is 10.1 Å². The molecule has 10 heteroatoms. The lowest BCUT2D eigenvalue weighted by Crippen LogP contribution is -2.27. The quantitative estimate of drug-likeness (QED) is 0.478. The van der Waals surface area contributed by atoms with Crippen LogP contribution in [0, 0.1) is 0 Å². The summed E-state index contributed by atoms with van der Waals surface area (Å²) in [5, 5.41) is 6.99. The van der Waals surface area contributed by atoms with Gasteiger partial charge in [0.15, 0.2) is 5.65 Å². The molecule has 8 nitrogen and oxygen atoms in total. The molecule has 0 aliphatic rings. The minimum atomic E-state index is -2.97. The molecule has 0 saturated heterocycles. The molecule has 0 aliphatic carbocycles. The van der Waals surface area contributed by atoms with Crippen molar-refractivity contribution in [3.8, 4) is 5.75 Å². The minimum Gasteiger partial charge on any atom is -0.435 e. The van der Waals surface area contributed by atoms with E-state index in [2.05, 4.69) is 20.1 Å². The van der Waals surface area contributed by atoms with Gasteiger partial charge >= 0.3 is 6.61 Å². The van der Waals surface area contributed by atoms with Crippen molar-refractivity contribution in [1.29, 1.82) is 0 Å². The summed E-state index contributed by atoms with van der Waals surface area (Å²) in [6.07, 6.45) is 3.02. The highest BCUT2D eigenvalue weighted by Crippen LogP contribution is 2.27. The Kier molecular flexibility index (Phi) is 5.93. The number of hydrogen-bond donors (Lipinski definition) is 1. The fourth-order valence-electron chi connectivity index (χ4n) is 3.36. The molecule has 1 N–H and O–H groups in total. The number of aromatic nitrogens is 4. The summed E-state index contributed by atoms with van der Waals surface area (Å²) in [7, 11) is 1.67. The molecule has 1 amide bonds. The number of amides is 1. The zero-order valence-corrected chi connectivity index (χ0v) is 17.0. The average molecular weight is 439 g/mol. The zero-order valence-electron chi connectivity index (χ0n) is 17.0.